The lowest BCUT2D eigenvalue weighted by molar-refractivity contribution is -0.138. The smallest absolute Gasteiger partial charge is 0.243 e. The lowest BCUT2D eigenvalue weighted by Crippen LogP contribution is -2.47. The number of nitrogens with zero attached hydrogens (tertiary/aromatic N) is 2. The molecule has 0 radical (unpaired) electrons. The summed E-state index contributed by atoms with van der Waals surface area (Å²) in [5.74, 6) is 0.539. The molecule has 1 fully saturated rings. The number of carbonyl (C=O) groups is 2. The minimum absolute atomic E-state index is 0.0650. The highest BCUT2D eigenvalue weighted by Crippen LogP contribution is 2.26. The van der Waals surface area contributed by atoms with Crippen LogP contribution in [-0.2, 0) is 16.0 Å². The first-order valence-electron chi connectivity index (χ1n) is 11.2. The monoisotopic (exact) mass is 431 g/mol. The van der Waals surface area contributed by atoms with Crippen LogP contribution < -0.4 is 5.32 Å². The van der Waals surface area contributed by atoms with E-state index in [1.807, 2.05) is 30.3 Å². The van der Waals surface area contributed by atoms with Crippen LogP contribution in [0.5, 0.6) is 0 Å². The van der Waals surface area contributed by atoms with Gasteiger partial charge in [-0.15, -0.1) is 0 Å². The molecule has 1 aliphatic rings. The minimum atomic E-state index is -0.487. The molecule has 2 unspecified atom stereocenters. The van der Waals surface area contributed by atoms with E-state index in [2.05, 4.69) is 48.4 Å². The van der Waals surface area contributed by atoms with Crippen LogP contribution in [0.15, 0.2) is 71.5 Å². The minimum Gasteiger partial charge on any atom is -0.448 e. The summed E-state index contributed by atoms with van der Waals surface area (Å²) in [4.78, 5) is 31.8. The third kappa shape index (κ3) is 4.90. The molecule has 1 N–H and O–H groups in total. The van der Waals surface area contributed by atoms with Gasteiger partial charge in [-0.05, 0) is 35.4 Å². The van der Waals surface area contributed by atoms with Gasteiger partial charge in [-0.1, -0.05) is 68.4 Å². The van der Waals surface area contributed by atoms with Crippen LogP contribution in [0.2, 0.25) is 0 Å². The lowest BCUT2D eigenvalue weighted by Gasteiger charge is -2.27. The van der Waals surface area contributed by atoms with Crippen LogP contribution in [0, 0.1) is 0 Å². The summed E-state index contributed by atoms with van der Waals surface area (Å²) in [6.07, 6.45) is 4.48. The Hall–Kier alpha value is -3.41. The van der Waals surface area contributed by atoms with Gasteiger partial charge in [0.15, 0.2) is 0 Å². The van der Waals surface area contributed by atoms with E-state index < -0.39 is 6.04 Å². The van der Waals surface area contributed by atoms with Crippen molar-refractivity contribution in [2.45, 2.75) is 51.1 Å². The standard InChI is InChI=1S/C26H29N3O3/c1-18(2)19-10-12-21(13-11-19)25(20-7-4-3-5-8-20)28-26(31)22-9-6-15-29(22)24(30)17-23-27-14-16-32-23/h3-5,7-8,10-14,16,18,22,25H,6,9,15,17H2,1-2H3,(H,28,31). The van der Waals surface area contributed by atoms with Gasteiger partial charge in [0.2, 0.25) is 17.7 Å². The summed E-state index contributed by atoms with van der Waals surface area (Å²) < 4.78 is 5.21. The predicted molar refractivity (Wildman–Crippen MR) is 122 cm³/mol. The molecule has 2 heterocycles. The molecule has 1 aliphatic heterocycles. The van der Waals surface area contributed by atoms with Gasteiger partial charge in [-0.2, -0.15) is 0 Å². The summed E-state index contributed by atoms with van der Waals surface area (Å²) in [7, 11) is 0. The molecule has 2 amide bonds. The highest BCUT2D eigenvalue weighted by atomic mass is 16.3. The maximum atomic E-state index is 13.4. The van der Waals surface area contributed by atoms with E-state index in [0.29, 0.717) is 24.8 Å². The van der Waals surface area contributed by atoms with E-state index in [1.54, 1.807) is 4.90 Å². The van der Waals surface area contributed by atoms with Gasteiger partial charge in [-0.3, -0.25) is 9.59 Å². The fraction of sp³-hybridized carbons (Fsp3) is 0.346. The summed E-state index contributed by atoms with van der Waals surface area (Å²) in [6, 6.07) is 17.5. The zero-order chi connectivity index (χ0) is 22.5. The summed E-state index contributed by atoms with van der Waals surface area (Å²) in [5.41, 5.74) is 3.28. The molecular weight excluding hydrogens is 402 g/mol. The molecular formula is C26H29N3O3. The number of oxazole rings is 1. The van der Waals surface area contributed by atoms with Crippen molar-refractivity contribution in [2.75, 3.05) is 6.54 Å². The topological polar surface area (TPSA) is 75.4 Å². The van der Waals surface area contributed by atoms with Gasteiger partial charge in [0.1, 0.15) is 18.7 Å². The van der Waals surface area contributed by atoms with Crippen LogP contribution >= 0.6 is 0 Å². The number of carbonyl (C=O) groups excluding carboxylic acids is 2. The van der Waals surface area contributed by atoms with Crippen molar-refractivity contribution in [3.05, 3.63) is 89.6 Å². The zero-order valence-corrected chi connectivity index (χ0v) is 18.5. The molecule has 1 aromatic heterocycles. The molecule has 32 heavy (non-hydrogen) atoms. The van der Waals surface area contributed by atoms with Crippen LogP contribution in [-0.4, -0.2) is 34.3 Å². The first-order valence-corrected chi connectivity index (χ1v) is 11.2. The van der Waals surface area contributed by atoms with Gasteiger partial charge in [0.25, 0.3) is 0 Å². The van der Waals surface area contributed by atoms with Crippen LogP contribution in [0.3, 0.4) is 0 Å². The number of hydrogen-bond acceptors (Lipinski definition) is 4. The number of benzene rings is 2. The Morgan fingerprint density at radius 1 is 1.06 bits per heavy atom. The van der Waals surface area contributed by atoms with Crippen molar-refractivity contribution in [3.8, 4) is 0 Å². The molecule has 0 saturated carbocycles. The number of aromatic nitrogens is 1. The predicted octanol–water partition coefficient (Wildman–Crippen LogP) is 4.24. The van der Waals surface area contributed by atoms with Crippen LogP contribution in [0.4, 0.5) is 0 Å². The molecule has 2 atom stereocenters. The first kappa shape index (κ1) is 21.8. The maximum absolute atomic E-state index is 13.4. The van der Waals surface area contributed by atoms with E-state index >= 15 is 0 Å². The Morgan fingerprint density at radius 2 is 1.75 bits per heavy atom. The largest absolute Gasteiger partial charge is 0.448 e. The summed E-state index contributed by atoms with van der Waals surface area (Å²) in [5, 5.41) is 3.21. The second-order valence-corrected chi connectivity index (χ2v) is 8.52. The van der Waals surface area contributed by atoms with Gasteiger partial charge >= 0.3 is 0 Å². The van der Waals surface area contributed by atoms with Crippen molar-refractivity contribution in [1.29, 1.82) is 0 Å². The Labute approximate surface area is 188 Å². The molecule has 3 aromatic rings. The van der Waals surface area contributed by atoms with E-state index in [4.69, 9.17) is 4.42 Å². The van der Waals surface area contributed by atoms with Gasteiger partial charge in [0, 0.05) is 6.54 Å². The van der Waals surface area contributed by atoms with Crippen molar-refractivity contribution in [3.63, 3.8) is 0 Å². The van der Waals surface area contributed by atoms with Gasteiger partial charge < -0.3 is 14.6 Å². The second kappa shape index (κ2) is 9.81. The van der Waals surface area contributed by atoms with E-state index in [9.17, 15) is 9.59 Å². The normalized spacial score (nSPS) is 16.8. The van der Waals surface area contributed by atoms with Gasteiger partial charge in [-0.25, -0.2) is 4.98 Å². The lowest BCUT2D eigenvalue weighted by atomic mass is 9.95. The third-order valence-corrected chi connectivity index (χ3v) is 6.02. The number of rotatable bonds is 7. The Kier molecular flexibility index (Phi) is 6.69. The molecule has 4 rings (SSSR count). The van der Waals surface area contributed by atoms with Crippen LogP contribution in [0.25, 0.3) is 0 Å². The number of hydrogen-bond donors (Lipinski definition) is 1. The van der Waals surface area contributed by atoms with Crippen LogP contribution in [0.1, 0.15) is 61.2 Å². The second-order valence-electron chi connectivity index (χ2n) is 8.52. The van der Waals surface area contributed by atoms with Crippen molar-refractivity contribution < 1.29 is 14.0 Å². The molecule has 1 saturated heterocycles. The van der Waals surface area contributed by atoms with Crippen molar-refractivity contribution in [2.24, 2.45) is 0 Å². The quantitative estimate of drug-likeness (QED) is 0.607. The Bertz CT molecular complexity index is 1030. The molecule has 0 spiro atoms. The summed E-state index contributed by atoms with van der Waals surface area (Å²) >= 11 is 0. The third-order valence-electron chi connectivity index (χ3n) is 6.02. The molecule has 6 heteroatoms. The Balaban J connectivity index is 1.53. The fourth-order valence-corrected chi connectivity index (χ4v) is 4.23. The molecule has 2 aromatic carbocycles. The number of amides is 2. The summed E-state index contributed by atoms with van der Waals surface area (Å²) in [6.45, 7) is 4.89. The number of nitrogens with one attached hydrogen (secondary N) is 1. The average Bonchev–Trinajstić information content (AvgIpc) is 3.50. The maximum Gasteiger partial charge on any atom is 0.243 e. The Morgan fingerprint density at radius 3 is 2.41 bits per heavy atom. The van der Waals surface area contributed by atoms with E-state index in [0.717, 1.165) is 17.5 Å². The van der Waals surface area contributed by atoms with E-state index in [-0.39, 0.29) is 24.3 Å². The van der Waals surface area contributed by atoms with Crippen molar-refractivity contribution >= 4 is 11.8 Å². The molecule has 0 aliphatic carbocycles. The first-order chi connectivity index (χ1) is 15.5. The van der Waals surface area contributed by atoms with Crippen molar-refractivity contribution in [1.82, 2.24) is 15.2 Å². The SMILES string of the molecule is CC(C)c1ccc(C(NC(=O)C2CCCN2C(=O)Cc2ncco2)c2ccccc2)cc1. The van der Waals surface area contributed by atoms with Gasteiger partial charge in [0.05, 0.1) is 12.2 Å². The van der Waals surface area contributed by atoms with E-state index in [1.165, 1.54) is 18.0 Å². The number of likely N-dealkylation sites (tertiary alicyclic amines) is 1. The molecule has 166 valence electrons. The highest BCUT2D eigenvalue weighted by Gasteiger charge is 2.35. The molecule has 0 bridgehead atoms. The highest BCUT2D eigenvalue weighted by molar-refractivity contribution is 5.89. The zero-order valence-electron chi connectivity index (χ0n) is 18.5. The molecule has 6 nitrogen and oxygen atoms in total. The average molecular weight is 432 g/mol. The fourth-order valence-electron chi connectivity index (χ4n) is 4.23.